The van der Waals surface area contributed by atoms with Gasteiger partial charge in [0.15, 0.2) is 11.5 Å². The summed E-state index contributed by atoms with van der Waals surface area (Å²) in [7, 11) is 0. The fourth-order valence-electron chi connectivity index (χ4n) is 3.04. The molecule has 1 aromatic rings. The first-order valence-electron chi connectivity index (χ1n) is 7.40. The van der Waals surface area contributed by atoms with Gasteiger partial charge in [-0.3, -0.25) is 5.43 Å². The second-order valence-electron chi connectivity index (χ2n) is 5.55. The fourth-order valence-corrected chi connectivity index (χ4v) is 3.04. The molecule has 3 rings (SSSR count). The molecule has 20 heavy (non-hydrogen) atoms. The first-order chi connectivity index (χ1) is 9.79. The van der Waals surface area contributed by atoms with Crippen molar-refractivity contribution in [1.29, 1.82) is 0 Å². The second-order valence-corrected chi connectivity index (χ2v) is 5.55. The molecule has 0 aliphatic carbocycles. The minimum Gasteiger partial charge on any atom is -0.490 e. The molecule has 0 saturated carbocycles. The summed E-state index contributed by atoms with van der Waals surface area (Å²) in [6.45, 7) is 4.34. The Labute approximate surface area is 119 Å². The fraction of sp³-hybridized carbons (Fsp3) is 0.600. The number of benzene rings is 1. The van der Waals surface area contributed by atoms with Crippen LogP contribution in [0.5, 0.6) is 11.5 Å². The predicted octanol–water partition coefficient (Wildman–Crippen LogP) is 1.35. The molecule has 1 saturated heterocycles. The lowest BCUT2D eigenvalue weighted by Gasteiger charge is -2.21. The van der Waals surface area contributed by atoms with Crippen LogP contribution in [-0.2, 0) is 0 Å². The summed E-state index contributed by atoms with van der Waals surface area (Å²) in [6.07, 6.45) is 1.93. The first kappa shape index (κ1) is 13.7. The van der Waals surface area contributed by atoms with Gasteiger partial charge >= 0.3 is 0 Å². The standard InChI is InChI=1S/C15H23N3O2/c1-10-12(5-6-16)15(18-17-10)11-3-4-13-14(9-11)20-8-2-7-19-13/h3-4,9-10,12,15,17-18H,2,5-8,16H2,1H3. The highest BCUT2D eigenvalue weighted by Crippen LogP contribution is 2.37. The van der Waals surface area contributed by atoms with Crippen molar-refractivity contribution in [2.24, 2.45) is 11.7 Å². The lowest BCUT2D eigenvalue weighted by molar-refractivity contribution is 0.296. The van der Waals surface area contributed by atoms with E-state index in [0.29, 0.717) is 18.5 Å². The third-order valence-corrected chi connectivity index (χ3v) is 4.17. The normalized spacial score (nSPS) is 29.2. The summed E-state index contributed by atoms with van der Waals surface area (Å²) in [4.78, 5) is 0. The highest BCUT2D eigenvalue weighted by molar-refractivity contribution is 5.44. The Balaban J connectivity index is 1.84. The van der Waals surface area contributed by atoms with E-state index >= 15 is 0 Å². The van der Waals surface area contributed by atoms with Crippen molar-refractivity contribution in [3.05, 3.63) is 23.8 Å². The third kappa shape index (κ3) is 2.61. The van der Waals surface area contributed by atoms with Crippen molar-refractivity contribution in [2.75, 3.05) is 19.8 Å². The summed E-state index contributed by atoms with van der Waals surface area (Å²) in [5.41, 5.74) is 13.7. The lowest BCUT2D eigenvalue weighted by Crippen LogP contribution is -2.29. The minimum absolute atomic E-state index is 0.269. The van der Waals surface area contributed by atoms with Crippen LogP contribution in [0.1, 0.15) is 31.4 Å². The van der Waals surface area contributed by atoms with Crippen LogP contribution in [0.4, 0.5) is 0 Å². The molecule has 0 bridgehead atoms. The van der Waals surface area contributed by atoms with Crippen LogP contribution >= 0.6 is 0 Å². The van der Waals surface area contributed by atoms with Crippen LogP contribution in [-0.4, -0.2) is 25.8 Å². The van der Waals surface area contributed by atoms with Gasteiger partial charge < -0.3 is 15.2 Å². The topological polar surface area (TPSA) is 68.5 Å². The number of fused-ring (bicyclic) bond motifs is 1. The largest absolute Gasteiger partial charge is 0.490 e. The smallest absolute Gasteiger partial charge is 0.161 e. The van der Waals surface area contributed by atoms with Gasteiger partial charge in [-0.2, -0.15) is 0 Å². The average molecular weight is 277 g/mol. The molecule has 2 aliphatic rings. The first-order valence-corrected chi connectivity index (χ1v) is 7.40. The van der Waals surface area contributed by atoms with Crippen molar-refractivity contribution in [3.8, 4) is 11.5 Å². The summed E-state index contributed by atoms with van der Waals surface area (Å²) >= 11 is 0. The van der Waals surface area contributed by atoms with Crippen molar-refractivity contribution >= 4 is 0 Å². The van der Waals surface area contributed by atoms with E-state index in [2.05, 4.69) is 29.9 Å². The molecule has 110 valence electrons. The molecule has 0 aromatic heterocycles. The van der Waals surface area contributed by atoms with Gasteiger partial charge in [0, 0.05) is 12.5 Å². The Bertz CT molecular complexity index is 466. The molecular formula is C15H23N3O2. The Morgan fingerprint density at radius 2 is 2.00 bits per heavy atom. The highest BCUT2D eigenvalue weighted by atomic mass is 16.5. The molecule has 1 aromatic carbocycles. The molecule has 0 amide bonds. The van der Waals surface area contributed by atoms with Crippen molar-refractivity contribution < 1.29 is 9.47 Å². The van der Waals surface area contributed by atoms with E-state index in [1.807, 2.05) is 6.07 Å². The van der Waals surface area contributed by atoms with E-state index in [1.54, 1.807) is 0 Å². The van der Waals surface area contributed by atoms with Crippen LogP contribution in [0.3, 0.4) is 0 Å². The SMILES string of the molecule is CC1NNC(c2ccc3c(c2)OCCCO3)C1CCN. The summed E-state index contributed by atoms with van der Waals surface area (Å²) < 4.78 is 11.5. The van der Waals surface area contributed by atoms with Crippen LogP contribution in [0.25, 0.3) is 0 Å². The van der Waals surface area contributed by atoms with Gasteiger partial charge in [-0.1, -0.05) is 6.07 Å². The molecule has 0 radical (unpaired) electrons. The Morgan fingerprint density at radius 3 is 2.80 bits per heavy atom. The zero-order chi connectivity index (χ0) is 13.9. The van der Waals surface area contributed by atoms with Crippen molar-refractivity contribution in [2.45, 2.75) is 31.8 Å². The molecule has 2 aliphatic heterocycles. The molecule has 4 N–H and O–H groups in total. The Morgan fingerprint density at radius 1 is 1.20 bits per heavy atom. The highest BCUT2D eigenvalue weighted by Gasteiger charge is 2.33. The number of hydrogen-bond acceptors (Lipinski definition) is 5. The van der Waals surface area contributed by atoms with Crippen molar-refractivity contribution in [3.63, 3.8) is 0 Å². The van der Waals surface area contributed by atoms with E-state index < -0.39 is 0 Å². The number of nitrogens with one attached hydrogen (secondary N) is 2. The molecule has 3 unspecified atom stereocenters. The van der Waals surface area contributed by atoms with Gasteiger partial charge in [-0.25, -0.2) is 5.43 Å². The number of hydrogen-bond donors (Lipinski definition) is 3. The molecule has 0 spiro atoms. The maximum Gasteiger partial charge on any atom is 0.161 e. The molecule has 1 fully saturated rings. The zero-order valence-electron chi connectivity index (χ0n) is 11.9. The molecule has 2 heterocycles. The zero-order valence-corrected chi connectivity index (χ0v) is 11.9. The quantitative estimate of drug-likeness (QED) is 0.778. The van der Waals surface area contributed by atoms with Crippen LogP contribution in [0.15, 0.2) is 18.2 Å². The number of nitrogens with two attached hydrogens (primary N) is 1. The van der Waals surface area contributed by atoms with Crippen molar-refractivity contribution in [1.82, 2.24) is 10.9 Å². The van der Waals surface area contributed by atoms with Crippen LogP contribution < -0.4 is 26.1 Å². The van der Waals surface area contributed by atoms with Gasteiger partial charge in [0.2, 0.25) is 0 Å². The average Bonchev–Trinajstić information content (AvgIpc) is 2.69. The van der Waals surface area contributed by atoms with E-state index in [9.17, 15) is 0 Å². The maximum atomic E-state index is 5.77. The third-order valence-electron chi connectivity index (χ3n) is 4.17. The van der Waals surface area contributed by atoms with Crippen LogP contribution in [0.2, 0.25) is 0 Å². The predicted molar refractivity (Wildman–Crippen MR) is 77.7 cm³/mol. The number of ether oxygens (including phenoxy) is 2. The van der Waals surface area contributed by atoms with Gasteiger partial charge in [0.05, 0.1) is 19.3 Å². The van der Waals surface area contributed by atoms with E-state index in [4.69, 9.17) is 15.2 Å². The maximum absolute atomic E-state index is 5.77. The molecule has 3 atom stereocenters. The summed E-state index contributed by atoms with van der Waals surface area (Å²) in [5.74, 6) is 2.19. The second kappa shape index (κ2) is 5.99. The Hall–Kier alpha value is -1.30. The molecule has 5 nitrogen and oxygen atoms in total. The van der Waals surface area contributed by atoms with E-state index in [0.717, 1.165) is 37.6 Å². The lowest BCUT2D eigenvalue weighted by atomic mass is 9.87. The number of hydrazine groups is 1. The Kier molecular flexibility index (Phi) is 4.10. The van der Waals surface area contributed by atoms with E-state index in [1.165, 1.54) is 5.56 Å². The molecule has 5 heteroatoms. The monoisotopic (exact) mass is 277 g/mol. The van der Waals surface area contributed by atoms with Gasteiger partial charge in [0.1, 0.15) is 0 Å². The van der Waals surface area contributed by atoms with Gasteiger partial charge in [-0.05, 0) is 43.5 Å². The molecular weight excluding hydrogens is 254 g/mol. The van der Waals surface area contributed by atoms with Gasteiger partial charge in [-0.15, -0.1) is 0 Å². The summed E-state index contributed by atoms with van der Waals surface area (Å²) in [6, 6.07) is 6.92. The van der Waals surface area contributed by atoms with Gasteiger partial charge in [0.25, 0.3) is 0 Å². The minimum atomic E-state index is 0.269. The number of rotatable bonds is 3. The van der Waals surface area contributed by atoms with Crippen LogP contribution in [0, 0.1) is 5.92 Å². The summed E-state index contributed by atoms with van der Waals surface area (Å²) in [5, 5.41) is 0. The van der Waals surface area contributed by atoms with E-state index in [-0.39, 0.29) is 6.04 Å².